The lowest BCUT2D eigenvalue weighted by Gasteiger charge is -2.27. The molecule has 0 bridgehead atoms. The summed E-state index contributed by atoms with van der Waals surface area (Å²) in [4.78, 5) is 27.3. The first kappa shape index (κ1) is 15.1. The van der Waals surface area contributed by atoms with E-state index < -0.39 is 5.54 Å². The van der Waals surface area contributed by atoms with Crippen LogP contribution in [-0.2, 0) is 9.59 Å². The number of hydrogen-bond donors (Lipinski definition) is 2. The predicted octanol–water partition coefficient (Wildman–Crippen LogP) is 1.56. The van der Waals surface area contributed by atoms with Crippen LogP contribution in [0.3, 0.4) is 0 Å². The van der Waals surface area contributed by atoms with Crippen molar-refractivity contribution in [2.45, 2.75) is 45.7 Å². The summed E-state index contributed by atoms with van der Waals surface area (Å²) < 4.78 is 0. The van der Waals surface area contributed by atoms with Gasteiger partial charge in [-0.05, 0) is 38.0 Å². The lowest BCUT2D eigenvalue weighted by Crippen LogP contribution is -2.54. The Labute approximate surface area is 113 Å². The summed E-state index contributed by atoms with van der Waals surface area (Å²) >= 11 is 0. The highest BCUT2D eigenvalue weighted by molar-refractivity contribution is 5.90. The summed E-state index contributed by atoms with van der Waals surface area (Å²) in [5.74, 6) is -0.427. The van der Waals surface area contributed by atoms with Crippen LogP contribution in [0.2, 0.25) is 0 Å². The van der Waals surface area contributed by atoms with E-state index in [9.17, 15) is 9.59 Å². The standard InChI is InChI=1S/C14H21N3O2/c1-5-12(11-6-8-15-9-7-11)16-13(19)14(3,4)17-10(2)18/h6-9,12H,5H2,1-4H3,(H,16,19)(H,17,18)/t12-/m1/s1. The fourth-order valence-corrected chi connectivity index (χ4v) is 1.85. The van der Waals surface area contributed by atoms with E-state index in [4.69, 9.17) is 0 Å². The van der Waals surface area contributed by atoms with Crippen LogP contribution in [0.4, 0.5) is 0 Å². The molecule has 5 nitrogen and oxygen atoms in total. The fourth-order valence-electron chi connectivity index (χ4n) is 1.85. The average Bonchev–Trinajstić information content (AvgIpc) is 2.35. The molecule has 0 aromatic carbocycles. The first-order valence-corrected chi connectivity index (χ1v) is 6.36. The Morgan fingerprint density at radius 3 is 2.37 bits per heavy atom. The van der Waals surface area contributed by atoms with Crippen LogP contribution < -0.4 is 10.6 Å². The molecule has 1 aromatic rings. The van der Waals surface area contributed by atoms with Gasteiger partial charge in [0.15, 0.2) is 0 Å². The molecule has 0 aliphatic heterocycles. The number of rotatable bonds is 5. The van der Waals surface area contributed by atoms with Crippen molar-refractivity contribution < 1.29 is 9.59 Å². The molecule has 0 aliphatic carbocycles. The molecular weight excluding hydrogens is 242 g/mol. The predicted molar refractivity (Wildman–Crippen MR) is 73.3 cm³/mol. The molecule has 5 heteroatoms. The van der Waals surface area contributed by atoms with Crippen molar-refractivity contribution in [1.82, 2.24) is 15.6 Å². The van der Waals surface area contributed by atoms with E-state index in [1.165, 1.54) is 6.92 Å². The normalized spacial score (nSPS) is 12.6. The fraction of sp³-hybridized carbons (Fsp3) is 0.500. The molecule has 0 saturated heterocycles. The SMILES string of the molecule is CC[C@@H](NC(=O)C(C)(C)NC(C)=O)c1ccncc1. The number of nitrogens with zero attached hydrogens (tertiary/aromatic N) is 1. The number of nitrogens with one attached hydrogen (secondary N) is 2. The van der Waals surface area contributed by atoms with Crippen LogP contribution in [0.5, 0.6) is 0 Å². The third-order valence-electron chi connectivity index (χ3n) is 2.88. The van der Waals surface area contributed by atoms with E-state index >= 15 is 0 Å². The highest BCUT2D eigenvalue weighted by Crippen LogP contribution is 2.16. The topological polar surface area (TPSA) is 71.1 Å². The van der Waals surface area contributed by atoms with Crippen molar-refractivity contribution >= 4 is 11.8 Å². The van der Waals surface area contributed by atoms with E-state index in [2.05, 4.69) is 15.6 Å². The summed E-state index contributed by atoms with van der Waals surface area (Å²) in [6, 6.07) is 3.67. The summed E-state index contributed by atoms with van der Waals surface area (Å²) in [6.07, 6.45) is 4.16. The van der Waals surface area contributed by atoms with Gasteiger partial charge < -0.3 is 10.6 Å². The van der Waals surface area contributed by atoms with Gasteiger partial charge in [-0.1, -0.05) is 6.92 Å². The van der Waals surface area contributed by atoms with Crippen molar-refractivity contribution in [3.05, 3.63) is 30.1 Å². The van der Waals surface area contributed by atoms with Gasteiger partial charge in [-0.15, -0.1) is 0 Å². The van der Waals surface area contributed by atoms with E-state index in [0.717, 1.165) is 12.0 Å². The average molecular weight is 263 g/mol. The zero-order chi connectivity index (χ0) is 14.5. The summed E-state index contributed by atoms with van der Waals surface area (Å²) in [7, 11) is 0. The molecule has 2 N–H and O–H groups in total. The third kappa shape index (κ3) is 4.35. The van der Waals surface area contributed by atoms with Gasteiger partial charge in [0.2, 0.25) is 11.8 Å². The first-order valence-electron chi connectivity index (χ1n) is 6.36. The molecule has 0 spiro atoms. The molecule has 0 aliphatic rings. The second-order valence-electron chi connectivity index (χ2n) is 5.02. The maximum absolute atomic E-state index is 12.2. The van der Waals surface area contributed by atoms with Gasteiger partial charge >= 0.3 is 0 Å². The van der Waals surface area contributed by atoms with E-state index in [1.807, 2.05) is 19.1 Å². The number of pyridine rings is 1. The van der Waals surface area contributed by atoms with Crippen molar-refractivity contribution in [3.8, 4) is 0 Å². The molecule has 1 rings (SSSR count). The van der Waals surface area contributed by atoms with Crippen molar-refractivity contribution in [1.29, 1.82) is 0 Å². The molecule has 1 aromatic heterocycles. The quantitative estimate of drug-likeness (QED) is 0.847. The van der Waals surface area contributed by atoms with Crippen LogP contribution in [-0.4, -0.2) is 22.3 Å². The highest BCUT2D eigenvalue weighted by atomic mass is 16.2. The van der Waals surface area contributed by atoms with Gasteiger partial charge in [0.25, 0.3) is 0 Å². The van der Waals surface area contributed by atoms with Crippen molar-refractivity contribution in [2.75, 3.05) is 0 Å². The molecule has 19 heavy (non-hydrogen) atoms. The molecule has 2 amide bonds. The summed E-state index contributed by atoms with van der Waals surface area (Å²) in [5.41, 5.74) is 0.0798. The monoisotopic (exact) mass is 263 g/mol. The molecular formula is C14H21N3O2. The molecule has 0 saturated carbocycles. The Kier molecular flexibility index (Phi) is 5.03. The second kappa shape index (κ2) is 6.31. The van der Waals surface area contributed by atoms with Gasteiger partial charge in [0.1, 0.15) is 5.54 Å². The van der Waals surface area contributed by atoms with Crippen LogP contribution in [0.15, 0.2) is 24.5 Å². The molecule has 0 fully saturated rings. The zero-order valence-electron chi connectivity index (χ0n) is 11.9. The Morgan fingerprint density at radius 1 is 1.32 bits per heavy atom. The molecule has 1 atom stereocenters. The summed E-state index contributed by atoms with van der Waals surface area (Å²) in [6.45, 7) is 6.76. The molecule has 0 radical (unpaired) electrons. The smallest absolute Gasteiger partial charge is 0.245 e. The lowest BCUT2D eigenvalue weighted by atomic mass is 10.0. The van der Waals surface area contributed by atoms with Gasteiger partial charge in [0, 0.05) is 19.3 Å². The van der Waals surface area contributed by atoms with Crippen LogP contribution in [0.1, 0.15) is 45.7 Å². The highest BCUT2D eigenvalue weighted by Gasteiger charge is 2.29. The van der Waals surface area contributed by atoms with Crippen LogP contribution >= 0.6 is 0 Å². The maximum Gasteiger partial charge on any atom is 0.245 e. The molecule has 104 valence electrons. The molecule has 1 heterocycles. The largest absolute Gasteiger partial charge is 0.347 e. The maximum atomic E-state index is 12.2. The van der Waals surface area contributed by atoms with Crippen molar-refractivity contribution in [3.63, 3.8) is 0 Å². The number of carbonyl (C=O) groups is 2. The minimum absolute atomic E-state index is 0.0801. The number of aromatic nitrogens is 1. The second-order valence-corrected chi connectivity index (χ2v) is 5.02. The Morgan fingerprint density at radius 2 is 1.89 bits per heavy atom. The zero-order valence-corrected chi connectivity index (χ0v) is 11.9. The van der Waals surface area contributed by atoms with E-state index in [1.54, 1.807) is 26.2 Å². The van der Waals surface area contributed by atoms with E-state index in [0.29, 0.717) is 0 Å². The Hall–Kier alpha value is -1.91. The van der Waals surface area contributed by atoms with Crippen LogP contribution in [0, 0.1) is 0 Å². The Bertz CT molecular complexity index is 443. The van der Waals surface area contributed by atoms with Crippen molar-refractivity contribution in [2.24, 2.45) is 0 Å². The van der Waals surface area contributed by atoms with Gasteiger partial charge in [-0.2, -0.15) is 0 Å². The number of carbonyl (C=O) groups excluding carboxylic acids is 2. The Balaban J connectivity index is 2.76. The third-order valence-corrected chi connectivity index (χ3v) is 2.88. The van der Waals surface area contributed by atoms with Gasteiger partial charge in [-0.25, -0.2) is 0 Å². The van der Waals surface area contributed by atoms with E-state index in [-0.39, 0.29) is 17.9 Å². The lowest BCUT2D eigenvalue weighted by molar-refractivity contribution is -0.132. The molecule has 0 unspecified atom stereocenters. The minimum atomic E-state index is -0.924. The summed E-state index contributed by atoms with van der Waals surface area (Å²) in [5, 5.41) is 5.58. The first-order chi connectivity index (χ1) is 8.86. The van der Waals surface area contributed by atoms with Crippen LogP contribution in [0.25, 0.3) is 0 Å². The number of hydrogen-bond acceptors (Lipinski definition) is 3. The van der Waals surface area contributed by atoms with Gasteiger partial charge in [-0.3, -0.25) is 14.6 Å². The minimum Gasteiger partial charge on any atom is -0.347 e. The number of amides is 2. The van der Waals surface area contributed by atoms with Gasteiger partial charge in [0.05, 0.1) is 6.04 Å².